The van der Waals surface area contributed by atoms with Crippen LogP contribution in [0.3, 0.4) is 0 Å². The van der Waals surface area contributed by atoms with Crippen molar-refractivity contribution in [3.8, 4) is 0 Å². The van der Waals surface area contributed by atoms with Crippen molar-refractivity contribution in [3.63, 3.8) is 0 Å². The molecule has 1 rings (SSSR count). The number of rotatable bonds is 16. The molecule has 22 heavy (non-hydrogen) atoms. The summed E-state index contributed by atoms with van der Waals surface area (Å²) in [7, 11) is 0. The fraction of sp³-hybridized carbons (Fsp3) is 1.00. The van der Waals surface area contributed by atoms with Crippen molar-refractivity contribution in [1.82, 2.24) is 5.06 Å². The van der Waals surface area contributed by atoms with Gasteiger partial charge in [-0.25, -0.2) is 0 Å². The van der Waals surface area contributed by atoms with Gasteiger partial charge in [0.1, 0.15) is 0 Å². The molecule has 1 fully saturated rings. The van der Waals surface area contributed by atoms with Gasteiger partial charge in [0.2, 0.25) is 0 Å². The Morgan fingerprint density at radius 2 is 1.14 bits per heavy atom. The normalized spacial score (nSPS) is 16.6. The Bertz CT molecular complexity index is 228. The van der Waals surface area contributed by atoms with Crippen LogP contribution in [0, 0.1) is 0 Å². The number of hydrogen-bond acceptors (Lipinski definition) is 2. The third-order valence-electron chi connectivity index (χ3n) is 5.04. The zero-order valence-corrected chi connectivity index (χ0v) is 15.5. The molecule has 0 bridgehead atoms. The molecule has 0 amide bonds. The van der Waals surface area contributed by atoms with Crippen LogP contribution in [0.1, 0.15) is 110 Å². The molecule has 132 valence electrons. The number of hydroxylamine groups is 2. The van der Waals surface area contributed by atoms with Crippen LogP contribution in [0.4, 0.5) is 0 Å². The fourth-order valence-corrected chi connectivity index (χ4v) is 3.32. The van der Waals surface area contributed by atoms with E-state index in [0.717, 1.165) is 13.2 Å². The maximum atomic E-state index is 5.40. The average Bonchev–Trinajstić information content (AvgIpc) is 2.46. The van der Waals surface area contributed by atoms with Gasteiger partial charge < -0.3 is 0 Å². The summed E-state index contributed by atoms with van der Waals surface area (Å²) >= 11 is 0. The van der Waals surface area contributed by atoms with Crippen LogP contribution in [0.2, 0.25) is 0 Å². The quantitative estimate of drug-likeness (QED) is 0.302. The van der Waals surface area contributed by atoms with E-state index in [1.54, 1.807) is 0 Å². The lowest BCUT2D eigenvalue weighted by molar-refractivity contribution is -0.268. The van der Waals surface area contributed by atoms with Crippen LogP contribution >= 0.6 is 0 Å². The maximum Gasteiger partial charge on any atom is 0.0835 e. The van der Waals surface area contributed by atoms with Gasteiger partial charge in [-0.05, 0) is 13.3 Å². The summed E-state index contributed by atoms with van der Waals surface area (Å²) in [5, 5.41) is 2.14. The Balaban J connectivity index is 1.68. The minimum atomic E-state index is 0.631. The average molecular weight is 312 g/mol. The summed E-state index contributed by atoms with van der Waals surface area (Å²) in [5.74, 6) is 0. The summed E-state index contributed by atoms with van der Waals surface area (Å²) in [6.45, 7) is 6.66. The SMILES string of the molecule is CCCCCCCCCCCCCCCCC(C)N1CCO1. The van der Waals surface area contributed by atoms with Crippen molar-refractivity contribution in [2.45, 2.75) is 116 Å². The van der Waals surface area contributed by atoms with E-state index in [4.69, 9.17) is 4.84 Å². The molecule has 0 saturated carbocycles. The van der Waals surface area contributed by atoms with Gasteiger partial charge in [0.15, 0.2) is 0 Å². The molecule has 1 saturated heterocycles. The van der Waals surface area contributed by atoms with E-state index in [-0.39, 0.29) is 0 Å². The summed E-state index contributed by atoms with van der Waals surface area (Å²) < 4.78 is 0. The molecule has 2 nitrogen and oxygen atoms in total. The third-order valence-corrected chi connectivity index (χ3v) is 5.04. The fourth-order valence-electron chi connectivity index (χ4n) is 3.32. The van der Waals surface area contributed by atoms with Gasteiger partial charge in [0, 0.05) is 12.6 Å². The molecule has 1 aliphatic rings. The lowest BCUT2D eigenvalue weighted by Crippen LogP contribution is -2.45. The van der Waals surface area contributed by atoms with Crippen molar-refractivity contribution < 1.29 is 4.84 Å². The van der Waals surface area contributed by atoms with Crippen LogP contribution in [-0.4, -0.2) is 24.3 Å². The van der Waals surface area contributed by atoms with E-state index in [1.807, 2.05) is 0 Å². The van der Waals surface area contributed by atoms with Gasteiger partial charge in [-0.3, -0.25) is 4.84 Å². The van der Waals surface area contributed by atoms with Crippen LogP contribution in [0.25, 0.3) is 0 Å². The minimum Gasteiger partial charge on any atom is -0.297 e. The van der Waals surface area contributed by atoms with Gasteiger partial charge >= 0.3 is 0 Å². The number of hydrogen-bond donors (Lipinski definition) is 0. The molecule has 0 aliphatic carbocycles. The standard InChI is InChI=1S/C20H41NO/c1-3-4-5-6-7-8-9-10-11-12-13-14-15-16-17-20(2)21-18-19-22-21/h20H,3-19H2,1-2H3. The smallest absolute Gasteiger partial charge is 0.0835 e. The van der Waals surface area contributed by atoms with Crippen LogP contribution in [0.15, 0.2) is 0 Å². The second-order valence-electron chi connectivity index (χ2n) is 7.21. The predicted molar refractivity (Wildman–Crippen MR) is 97.0 cm³/mol. The van der Waals surface area contributed by atoms with Crippen molar-refractivity contribution in [2.75, 3.05) is 13.2 Å². The molecule has 0 aromatic heterocycles. The highest BCUT2D eigenvalue weighted by Gasteiger charge is 2.20. The number of unbranched alkanes of at least 4 members (excludes halogenated alkanes) is 13. The van der Waals surface area contributed by atoms with E-state index in [9.17, 15) is 0 Å². The Morgan fingerprint density at radius 3 is 1.50 bits per heavy atom. The van der Waals surface area contributed by atoms with Crippen LogP contribution < -0.4 is 0 Å². The Morgan fingerprint density at radius 1 is 0.727 bits per heavy atom. The van der Waals surface area contributed by atoms with Crippen LogP contribution in [0.5, 0.6) is 0 Å². The highest BCUT2D eigenvalue weighted by molar-refractivity contribution is 4.64. The second-order valence-corrected chi connectivity index (χ2v) is 7.21. The van der Waals surface area contributed by atoms with Gasteiger partial charge in [-0.2, -0.15) is 5.06 Å². The molecule has 1 unspecified atom stereocenters. The summed E-state index contributed by atoms with van der Waals surface area (Å²) in [5.41, 5.74) is 0. The third kappa shape index (κ3) is 10.6. The highest BCUT2D eigenvalue weighted by Crippen LogP contribution is 2.16. The van der Waals surface area contributed by atoms with E-state index >= 15 is 0 Å². The summed E-state index contributed by atoms with van der Waals surface area (Å²) in [4.78, 5) is 5.40. The summed E-state index contributed by atoms with van der Waals surface area (Å²) in [6.07, 6.45) is 21.5. The van der Waals surface area contributed by atoms with Crippen molar-refractivity contribution >= 4 is 0 Å². The van der Waals surface area contributed by atoms with Gasteiger partial charge in [-0.1, -0.05) is 96.8 Å². The van der Waals surface area contributed by atoms with Gasteiger partial charge in [0.05, 0.1) is 6.61 Å². The van der Waals surface area contributed by atoms with E-state index in [0.29, 0.717) is 6.04 Å². The van der Waals surface area contributed by atoms with Gasteiger partial charge in [0.25, 0.3) is 0 Å². The van der Waals surface area contributed by atoms with Crippen molar-refractivity contribution in [3.05, 3.63) is 0 Å². The minimum absolute atomic E-state index is 0.631. The van der Waals surface area contributed by atoms with E-state index < -0.39 is 0 Å². The molecule has 0 spiro atoms. The molecule has 1 heterocycles. The maximum absolute atomic E-state index is 5.40. The van der Waals surface area contributed by atoms with Crippen molar-refractivity contribution in [2.24, 2.45) is 0 Å². The molecule has 1 atom stereocenters. The Hall–Kier alpha value is -0.0800. The van der Waals surface area contributed by atoms with E-state index in [2.05, 4.69) is 18.9 Å². The first-order valence-corrected chi connectivity index (χ1v) is 10.2. The van der Waals surface area contributed by atoms with Gasteiger partial charge in [-0.15, -0.1) is 0 Å². The lowest BCUT2D eigenvalue weighted by atomic mass is 10.0. The zero-order valence-electron chi connectivity index (χ0n) is 15.5. The predicted octanol–water partition coefficient (Wildman–Crippen LogP) is 6.49. The molecule has 0 aromatic carbocycles. The summed E-state index contributed by atoms with van der Waals surface area (Å²) in [6, 6.07) is 0.631. The van der Waals surface area contributed by atoms with Crippen LogP contribution in [-0.2, 0) is 4.84 Å². The number of nitrogens with zero attached hydrogens (tertiary/aromatic N) is 1. The molecular weight excluding hydrogens is 270 g/mol. The molecule has 2 heteroatoms. The highest BCUT2D eigenvalue weighted by atomic mass is 16.7. The van der Waals surface area contributed by atoms with E-state index in [1.165, 1.54) is 96.3 Å². The Kier molecular flexibility index (Phi) is 13.2. The first-order chi connectivity index (χ1) is 10.8. The Labute approximate surface area is 139 Å². The zero-order chi connectivity index (χ0) is 15.9. The lowest BCUT2D eigenvalue weighted by Gasteiger charge is -2.35. The molecule has 0 radical (unpaired) electrons. The largest absolute Gasteiger partial charge is 0.297 e. The molecule has 0 N–H and O–H groups in total. The molecule has 1 aliphatic heterocycles. The first-order valence-electron chi connectivity index (χ1n) is 10.2. The topological polar surface area (TPSA) is 12.5 Å². The molecule has 0 aromatic rings. The van der Waals surface area contributed by atoms with Crippen molar-refractivity contribution in [1.29, 1.82) is 0 Å². The molecular formula is C20H41NO. The monoisotopic (exact) mass is 311 g/mol. The second kappa shape index (κ2) is 14.5. The first kappa shape index (κ1) is 20.0.